The fourth-order valence-electron chi connectivity index (χ4n) is 9.17. The van der Waals surface area contributed by atoms with Crippen LogP contribution in [0.15, 0.2) is 11.6 Å². The smallest absolute Gasteiger partial charge is 0.155 e. The Morgan fingerprint density at radius 3 is 2.48 bits per heavy atom. The molecule has 1 N–H and O–H groups in total. The van der Waals surface area contributed by atoms with Crippen molar-refractivity contribution in [1.29, 1.82) is 0 Å². The Morgan fingerprint density at radius 2 is 1.81 bits per heavy atom. The largest absolute Gasteiger partial charge is 0.393 e. The van der Waals surface area contributed by atoms with E-state index in [4.69, 9.17) is 0 Å². The maximum absolute atomic E-state index is 12.1. The summed E-state index contributed by atoms with van der Waals surface area (Å²) in [6.45, 7) is 14.5. The Hall–Kier alpha value is -0.630. The highest BCUT2D eigenvalue weighted by molar-refractivity contribution is 5.91. The van der Waals surface area contributed by atoms with Crippen LogP contribution in [0.3, 0.4) is 0 Å². The maximum Gasteiger partial charge on any atom is 0.155 e. The fraction of sp³-hybridized carbons (Fsp3) is 0.897. The molecule has 0 aromatic heterocycles. The SMILES string of the molecule is CC[C@H](CC[C@@H](C)[C@H]1CC[C@H]2[C@@H]3CCC4=CC(=O)CC[C@]4(C)[C@H]3CC(O)[C@]12C)C(C)C. The summed E-state index contributed by atoms with van der Waals surface area (Å²) in [7, 11) is 0. The van der Waals surface area contributed by atoms with Gasteiger partial charge in [0.15, 0.2) is 5.78 Å². The predicted molar refractivity (Wildman–Crippen MR) is 129 cm³/mol. The summed E-state index contributed by atoms with van der Waals surface area (Å²) in [5.74, 6) is 5.27. The zero-order valence-electron chi connectivity index (χ0n) is 21.1. The lowest BCUT2D eigenvalue weighted by molar-refractivity contribution is -0.141. The van der Waals surface area contributed by atoms with Crippen molar-refractivity contribution in [3.63, 3.8) is 0 Å². The average Bonchev–Trinajstić information content (AvgIpc) is 3.08. The number of rotatable bonds is 6. The fourth-order valence-corrected chi connectivity index (χ4v) is 9.17. The van der Waals surface area contributed by atoms with Gasteiger partial charge in [-0.3, -0.25) is 4.79 Å². The second kappa shape index (κ2) is 8.62. The van der Waals surface area contributed by atoms with Crippen LogP contribution < -0.4 is 0 Å². The lowest BCUT2D eigenvalue weighted by Crippen LogP contribution is -2.56. The first kappa shape index (κ1) is 23.5. The third kappa shape index (κ3) is 3.77. The van der Waals surface area contributed by atoms with Gasteiger partial charge in [0, 0.05) is 6.42 Å². The average molecular weight is 429 g/mol. The van der Waals surface area contributed by atoms with Gasteiger partial charge >= 0.3 is 0 Å². The summed E-state index contributed by atoms with van der Waals surface area (Å²) in [6, 6.07) is 0. The van der Waals surface area contributed by atoms with Crippen molar-refractivity contribution >= 4 is 5.78 Å². The van der Waals surface area contributed by atoms with E-state index in [1.165, 1.54) is 44.1 Å². The molecule has 3 fully saturated rings. The predicted octanol–water partition coefficient (Wildman–Crippen LogP) is 7.20. The molecule has 0 saturated heterocycles. The molecule has 4 aliphatic carbocycles. The summed E-state index contributed by atoms with van der Waals surface area (Å²) in [5, 5.41) is 11.7. The molecule has 9 atom stereocenters. The number of aliphatic hydroxyl groups is 1. The van der Waals surface area contributed by atoms with Crippen LogP contribution in [0.1, 0.15) is 106 Å². The summed E-state index contributed by atoms with van der Waals surface area (Å²) in [4.78, 5) is 12.1. The minimum Gasteiger partial charge on any atom is -0.393 e. The van der Waals surface area contributed by atoms with Crippen LogP contribution in [-0.2, 0) is 4.79 Å². The number of carbonyl (C=O) groups excluding carboxylic acids is 1. The second-order valence-corrected chi connectivity index (χ2v) is 12.7. The van der Waals surface area contributed by atoms with Gasteiger partial charge in [-0.1, -0.05) is 60.0 Å². The number of hydrogen-bond donors (Lipinski definition) is 1. The van der Waals surface area contributed by atoms with Gasteiger partial charge < -0.3 is 5.11 Å². The van der Waals surface area contributed by atoms with E-state index in [0.29, 0.717) is 35.9 Å². The monoisotopic (exact) mass is 428 g/mol. The molecule has 0 bridgehead atoms. The first-order valence-corrected chi connectivity index (χ1v) is 13.5. The van der Waals surface area contributed by atoms with E-state index in [1.807, 2.05) is 6.08 Å². The van der Waals surface area contributed by atoms with Gasteiger partial charge in [-0.15, -0.1) is 0 Å². The number of aliphatic hydroxyl groups excluding tert-OH is 1. The summed E-state index contributed by atoms with van der Waals surface area (Å²) < 4.78 is 0. The number of allylic oxidation sites excluding steroid dienone is 1. The maximum atomic E-state index is 12.1. The van der Waals surface area contributed by atoms with E-state index in [9.17, 15) is 9.90 Å². The minimum atomic E-state index is -0.186. The van der Waals surface area contributed by atoms with E-state index in [0.717, 1.165) is 37.0 Å². The van der Waals surface area contributed by atoms with Gasteiger partial charge in [0.25, 0.3) is 0 Å². The molecule has 0 aromatic rings. The molecule has 0 spiro atoms. The van der Waals surface area contributed by atoms with Gasteiger partial charge in [0.2, 0.25) is 0 Å². The summed E-state index contributed by atoms with van der Waals surface area (Å²) in [6.07, 6.45) is 13.4. The van der Waals surface area contributed by atoms with Crippen molar-refractivity contribution in [1.82, 2.24) is 0 Å². The van der Waals surface area contributed by atoms with E-state index in [2.05, 4.69) is 41.5 Å². The van der Waals surface area contributed by atoms with Crippen LogP contribution in [0.5, 0.6) is 0 Å². The van der Waals surface area contributed by atoms with Gasteiger partial charge in [-0.2, -0.15) is 0 Å². The first-order valence-electron chi connectivity index (χ1n) is 13.5. The molecule has 4 rings (SSSR count). The van der Waals surface area contributed by atoms with Crippen LogP contribution in [0.4, 0.5) is 0 Å². The first-order chi connectivity index (χ1) is 14.6. The normalized spacial score (nSPS) is 44.3. The molecule has 3 saturated carbocycles. The Labute approximate surface area is 191 Å². The molecule has 2 nitrogen and oxygen atoms in total. The van der Waals surface area contributed by atoms with E-state index in [1.54, 1.807) is 0 Å². The van der Waals surface area contributed by atoms with Crippen molar-refractivity contribution < 1.29 is 9.90 Å². The molecule has 0 aromatic carbocycles. The second-order valence-electron chi connectivity index (χ2n) is 12.7. The highest BCUT2D eigenvalue weighted by atomic mass is 16.3. The molecular formula is C29H48O2. The molecule has 0 aliphatic heterocycles. The minimum absolute atomic E-state index is 0.0855. The Bertz CT molecular complexity index is 708. The van der Waals surface area contributed by atoms with Gasteiger partial charge in [-0.25, -0.2) is 0 Å². The number of carbonyl (C=O) groups is 1. The molecule has 0 amide bonds. The molecule has 0 heterocycles. The molecule has 31 heavy (non-hydrogen) atoms. The van der Waals surface area contributed by atoms with Crippen molar-refractivity contribution in [3.05, 3.63) is 11.6 Å². The van der Waals surface area contributed by atoms with Crippen LogP contribution >= 0.6 is 0 Å². The summed E-state index contributed by atoms with van der Waals surface area (Å²) in [5.41, 5.74) is 1.64. The van der Waals surface area contributed by atoms with Gasteiger partial charge in [-0.05, 0) is 103 Å². The highest BCUT2D eigenvalue weighted by Crippen LogP contribution is 2.67. The van der Waals surface area contributed by atoms with Crippen LogP contribution in [0.25, 0.3) is 0 Å². The standard InChI is InChI=1S/C29H48O2/c1-7-20(18(2)3)9-8-19(4)24-12-13-25-23-11-10-21-16-22(30)14-15-28(21,5)26(23)17-27(31)29(24,25)6/h16,18-20,23-27,31H,7-15,17H2,1-6H3/t19-,20-,23+,24-,25+,26+,27?,28+,29-/m1/s1. The topological polar surface area (TPSA) is 37.3 Å². The zero-order valence-corrected chi connectivity index (χ0v) is 21.1. The van der Waals surface area contributed by atoms with Crippen LogP contribution in [-0.4, -0.2) is 17.0 Å². The van der Waals surface area contributed by atoms with E-state index in [-0.39, 0.29) is 16.9 Å². The van der Waals surface area contributed by atoms with Crippen molar-refractivity contribution in [3.8, 4) is 0 Å². The van der Waals surface area contributed by atoms with Crippen molar-refractivity contribution in [2.45, 2.75) is 112 Å². The van der Waals surface area contributed by atoms with E-state index >= 15 is 0 Å². The van der Waals surface area contributed by atoms with Crippen molar-refractivity contribution in [2.75, 3.05) is 0 Å². The number of fused-ring (bicyclic) bond motifs is 5. The zero-order chi connectivity index (χ0) is 22.6. The molecule has 2 heteroatoms. The third-order valence-electron chi connectivity index (χ3n) is 11.3. The third-order valence-corrected chi connectivity index (χ3v) is 11.3. The Morgan fingerprint density at radius 1 is 1.06 bits per heavy atom. The lowest BCUT2D eigenvalue weighted by Gasteiger charge is -2.60. The van der Waals surface area contributed by atoms with Crippen molar-refractivity contribution in [2.24, 2.45) is 52.3 Å². The van der Waals surface area contributed by atoms with Crippen LogP contribution in [0.2, 0.25) is 0 Å². The Balaban J connectivity index is 1.53. The number of ketones is 1. The number of hydrogen-bond acceptors (Lipinski definition) is 2. The lowest BCUT2D eigenvalue weighted by atomic mass is 9.45. The highest BCUT2D eigenvalue weighted by Gasteiger charge is 2.62. The van der Waals surface area contributed by atoms with E-state index < -0.39 is 0 Å². The summed E-state index contributed by atoms with van der Waals surface area (Å²) >= 11 is 0. The van der Waals surface area contributed by atoms with Crippen LogP contribution in [0, 0.1) is 52.3 Å². The molecule has 0 radical (unpaired) electrons. The molecule has 4 aliphatic rings. The Kier molecular flexibility index (Phi) is 6.54. The van der Waals surface area contributed by atoms with Gasteiger partial charge in [0.1, 0.15) is 0 Å². The molecular weight excluding hydrogens is 380 g/mol. The molecule has 176 valence electrons. The molecule has 1 unspecified atom stereocenters. The quantitative estimate of drug-likeness (QED) is 0.485. The van der Waals surface area contributed by atoms with Gasteiger partial charge in [0.05, 0.1) is 6.10 Å².